The fourth-order valence-electron chi connectivity index (χ4n) is 2.66. The van der Waals surface area contributed by atoms with Gasteiger partial charge in [0.15, 0.2) is 0 Å². The van der Waals surface area contributed by atoms with Crippen molar-refractivity contribution in [2.75, 3.05) is 11.1 Å². The Labute approximate surface area is 170 Å². The van der Waals surface area contributed by atoms with E-state index in [0.717, 1.165) is 5.56 Å². The van der Waals surface area contributed by atoms with Gasteiger partial charge in [0.1, 0.15) is 17.3 Å². The molecule has 1 aliphatic heterocycles. The van der Waals surface area contributed by atoms with Crippen LogP contribution in [0.25, 0.3) is 0 Å². The van der Waals surface area contributed by atoms with Crippen molar-refractivity contribution in [1.82, 2.24) is 16.2 Å². The lowest BCUT2D eigenvalue weighted by molar-refractivity contribution is -0.125. The third-order valence-electron chi connectivity index (χ3n) is 4.01. The van der Waals surface area contributed by atoms with Gasteiger partial charge in [0.05, 0.1) is 5.75 Å². The number of alkyl halides is 2. The number of thioether (sulfide) groups is 1. The van der Waals surface area contributed by atoms with Gasteiger partial charge in [0, 0.05) is 5.69 Å². The Kier molecular flexibility index (Phi) is 7.39. The van der Waals surface area contributed by atoms with Gasteiger partial charge in [-0.15, -0.1) is 11.8 Å². The number of hydrogen-bond donors (Lipinski definition) is 4. The molecule has 2 amide bonds. The maximum absolute atomic E-state index is 12.3. The largest absolute Gasteiger partial charge is 0.435 e. The van der Waals surface area contributed by atoms with Crippen LogP contribution >= 0.6 is 11.8 Å². The molecule has 2 atom stereocenters. The van der Waals surface area contributed by atoms with Crippen LogP contribution in [-0.2, 0) is 16.0 Å². The Morgan fingerprint density at radius 2 is 1.83 bits per heavy atom. The molecule has 0 aliphatic carbocycles. The van der Waals surface area contributed by atoms with E-state index in [1.165, 1.54) is 36.0 Å². The number of hydrogen-bond acceptors (Lipinski definition) is 6. The zero-order valence-electron chi connectivity index (χ0n) is 15.2. The van der Waals surface area contributed by atoms with Gasteiger partial charge in [-0.3, -0.25) is 9.59 Å². The third kappa shape index (κ3) is 6.70. The first-order valence-electron chi connectivity index (χ1n) is 8.81. The van der Waals surface area contributed by atoms with Crippen molar-refractivity contribution in [3.05, 3.63) is 60.2 Å². The number of benzene rings is 2. The molecule has 4 N–H and O–H groups in total. The Balaban J connectivity index is 1.40. The molecular weight excluding hydrogens is 402 g/mol. The predicted octanol–water partition coefficient (Wildman–Crippen LogP) is 2.08. The van der Waals surface area contributed by atoms with Crippen LogP contribution < -0.4 is 26.2 Å². The van der Waals surface area contributed by atoms with Gasteiger partial charge in [0.2, 0.25) is 11.8 Å². The lowest BCUT2D eigenvalue weighted by atomic mass is 10.1. The summed E-state index contributed by atoms with van der Waals surface area (Å²) in [4.78, 5) is 24.3. The number of carbonyl (C=O) groups excluding carboxylic acids is 2. The van der Waals surface area contributed by atoms with E-state index in [-0.39, 0.29) is 23.3 Å². The zero-order valence-corrected chi connectivity index (χ0v) is 16.0. The van der Waals surface area contributed by atoms with E-state index in [9.17, 15) is 18.4 Å². The van der Waals surface area contributed by atoms with Crippen molar-refractivity contribution in [2.24, 2.45) is 0 Å². The number of anilines is 1. The maximum atomic E-state index is 12.3. The van der Waals surface area contributed by atoms with Crippen LogP contribution in [0.15, 0.2) is 54.6 Å². The van der Waals surface area contributed by atoms with Gasteiger partial charge < -0.3 is 15.4 Å². The van der Waals surface area contributed by atoms with E-state index in [1.54, 1.807) is 0 Å². The number of amides is 2. The number of halogens is 2. The molecule has 0 saturated carbocycles. The molecule has 7 nitrogen and oxygen atoms in total. The van der Waals surface area contributed by atoms with Crippen LogP contribution in [0.4, 0.5) is 14.5 Å². The Bertz CT molecular complexity index is 824. The van der Waals surface area contributed by atoms with Gasteiger partial charge in [-0.1, -0.05) is 30.3 Å². The first-order valence-corrected chi connectivity index (χ1v) is 9.86. The van der Waals surface area contributed by atoms with E-state index < -0.39 is 18.2 Å². The lowest BCUT2D eigenvalue weighted by Gasteiger charge is -2.31. The molecule has 3 rings (SSSR count). The van der Waals surface area contributed by atoms with Crippen molar-refractivity contribution in [1.29, 1.82) is 0 Å². The quantitative estimate of drug-likeness (QED) is 0.521. The molecule has 0 radical (unpaired) electrons. The molecular formula is C19H20F2N4O3S. The molecule has 1 saturated heterocycles. The molecule has 1 aliphatic rings. The summed E-state index contributed by atoms with van der Waals surface area (Å²) in [6.45, 7) is -2.90. The highest BCUT2D eigenvalue weighted by molar-refractivity contribution is 8.00. The van der Waals surface area contributed by atoms with Crippen LogP contribution in [-0.4, -0.2) is 35.7 Å². The molecule has 1 fully saturated rings. The van der Waals surface area contributed by atoms with Gasteiger partial charge in [-0.2, -0.15) is 8.78 Å². The Morgan fingerprint density at radius 1 is 1.10 bits per heavy atom. The Hall–Kier alpha value is -2.69. The summed E-state index contributed by atoms with van der Waals surface area (Å²) in [5.74, 6) is -0.351. The first kappa shape index (κ1) is 21.0. The summed E-state index contributed by atoms with van der Waals surface area (Å²) in [5.41, 5.74) is 6.99. The molecule has 154 valence electrons. The standard InChI is InChI=1S/C19H20F2N4O3S/c20-18(21)28-14-8-6-13(7-9-14)22-16(26)11-29-19-23-17(27)15(24-25-19)10-12-4-2-1-3-5-12/h1-9,15,18-19,24-25H,10-11H2,(H,22,26)(H,23,27). The Morgan fingerprint density at radius 3 is 2.48 bits per heavy atom. The summed E-state index contributed by atoms with van der Waals surface area (Å²) in [7, 11) is 0. The molecule has 0 bridgehead atoms. The minimum absolute atomic E-state index is 0.0117. The molecule has 10 heteroatoms. The van der Waals surface area contributed by atoms with Gasteiger partial charge in [-0.25, -0.2) is 10.9 Å². The molecule has 0 aromatic heterocycles. The molecule has 2 unspecified atom stereocenters. The van der Waals surface area contributed by atoms with E-state index in [4.69, 9.17) is 0 Å². The number of nitrogens with one attached hydrogen (secondary N) is 4. The fourth-order valence-corrected chi connectivity index (χ4v) is 3.40. The van der Waals surface area contributed by atoms with Crippen molar-refractivity contribution in [3.8, 4) is 5.75 Å². The van der Waals surface area contributed by atoms with Crippen molar-refractivity contribution < 1.29 is 23.1 Å². The van der Waals surface area contributed by atoms with Gasteiger partial charge >= 0.3 is 6.61 Å². The highest BCUT2D eigenvalue weighted by Crippen LogP contribution is 2.18. The first-order chi connectivity index (χ1) is 14.0. The average molecular weight is 422 g/mol. The van der Waals surface area contributed by atoms with E-state index in [1.807, 2.05) is 30.3 Å². The highest BCUT2D eigenvalue weighted by atomic mass is 32.2. The minimum atomic E-state index is -2.90. The number of carbonyl (C=O) groups is 2. The maximum Gasteiger partial charge on any atom is 0.387 e. The van der Waals surface area contributed by atoms with Crippen molar-refractivity contribution in [2.45, 2.75) is 24.6 Å². The van der Waals surface area contributed by atoms with Gasteiger partial charge in [0.25, 0.3) is 0 Å². The lowest BCUT2D eigenvalue weighted by Crippen LogP contribution is -2.64. The van der Waals surface area contributed by atoms with E-state index in [2.05, 4.69) is 26.2 Å². The molecule has 29 heavy (non-hydrogen) atoms. The SMILES string of the molecule is O=C(CSC1NNC(Cc2ccccc2)C(=O)N1)Nc1ccc(OC(F)F)cc1. The molecule has 0 spiro atoms. The van der Waals surface area contributed by atoms with Crippen LogP contribution in [0.5, 0.6) is 5.75 Å². The van der Waals surface area contributed by atoms with E-state index in [0.29, 0.717) is 12.1 Å². The smallest absolute Gasteiger partial charge is 0.387 e. The molecule has 2 aromatic carbocycles. The minimum Gasteiger partial charge on any atom is -0.435 e. The number of hydrazine groups is 1. The summed E-state index contributed by atoms with van der Waals surface area (Å²) < 4.78 is 28.5. The van der Waals surface area contributed by atoms with Crippen LogP contribution in [0.2, 0.25) is 0 Å². The fraction of sp³-hybridized carbons (Fsp3) is 0.263. The second-order valence-corrected chi connectivity index (χ2v) is 7.28. The second kappa shape index (κ2) is 10.2. The zero-order chi connectivity index (χ0) is 20.6. The van der Waals surface area contributed by atoms with Crippen molar-refractivity contribution >= 4 is 29.3 Å². The third-order valence-corrected chi connectivity index (χ3v) is 5.00. The van der Waals surface area contributed by atoms with Crippen LogP contribution in [0.3, 0.4) is 0 Å². The number of ether oxygens (including phenoxy) is 1. The summed E-state index contributed by atoms with van der Waals surface area (Å²) in [6, 6.07) is 14.9. The molecule has 2 aromatic rings. The summed E-state index contributed by atoms with van der Waals surface area (Å²) in [5, 5.41) is 5.47. The molecule has 1 heterocycles. The van der Waals surface area contributed by atoms with Crippen molar-refractivity contribution in [3.63, 3.8) is 0 Å². The monoisotopic (exact) mass is 422 g/mol. The highest BCUT2D eigenvalue weighted by Gasteiger charge is 2.27. The second-order valence-electron chi connectivity index (χ2n) is 6.18. The van der Waals surface area contributed by atoms with Crippen LogP contribution in [0, 0.1) is 0 Å². The van der Waals surface area contributed by atoms with Crippen LogP contribution in [0.1, 0.15) is 5.56 Å². The predicted molar refractivity (Wildman–Crippen MR) is 106 cm³/mol. The number of rotatable bonds is 8. The average Bonchev–Trinajstić information content (AvgIpc) is 2.70. The normalized spacial score (nSPS) is 18.9. The van der Waals surface area contributed by atoms with Gasteiger partial charge in [-0.05, 0) is 36.2 Å². The summed E-state index contributed by atoms with van der Waals surface area (Å²) >= 11 is 1.21. The van der Waals surface area contributed by atoms with E-state index >= 15 is 0 Å². The summed E-state index contributed by atoms with van der Waals surface area (Å²) in [6.07, 6.45) is 0.544. The topological polar surface area (TPSA) is 91.5 Å².